The fraction of sp³-hybridized carbons (Fsp3) is 0.368. The first kappa shape index (κ1) is 17.0. The lowest BCUT2D eigenvalue weighted by Gasteiger charge is -2.14. The van der Waals surface area contributed by atoms with E-state index in [2.05, 4.69) is 22.5 Å². The largest absolute Gasteiger partial charge is 0.387 e. The third kappa shape index (κ3) is 4.31. The van der Waals surface area contributed by atoms with E-state index in [4.69, 9.17) is 0 Å². The van der Waals surface area contributed by atoms with E-state index in [1.807, 2.05) is 56.2 Å². The Balaban J connectivity index is 2.19. The van der Waals surface area contributed by atoms with Gasteiger partial charge in [0.25, 0.3) is 0 Å². The molecule has 0 fully saturated rings. The van der Waals surface area contributed by atoms with E-state index in [0.29, 0.717) is 0 Å². The summed E-state index contributed by atoms with van der Waals surface area (Å²) in [6, 6.07) is 10.4. The number of aryl methyl sites for hydroxylation is 2. The van der Waals surface area contributed by atoms with Gasteiger partial charge in [0.1, 0.15) is 0 Å². The molecule has 0 spiro atoms. The van der Waals surface area contributed by atoms with Crippen LogP contribution in [0.3, 0.4) is 0 Å². The summed E-state index contributed by atoms with van der Waals surface area (Å²) < 4.78 is 1.93. The predicted molar refractivity (Wildman–Crippen MR) is 93.9 cm³/mol. The monoisotopic (exact) mass is 311 g/mol. The third-order valence-corrected chi connectivity index (χ3v) is 3.87. The molecule has 0 aliphatic rings. The first-order valence-electron chi connectivity index (χ1n) is 8.02. The number of carbonyl (C=O) groups is 1. The van der Waals surface area contributed by atoms with Gasteiger partial charge in [-0.15, -0.1) is 0 Å². The predicted octanol–water partition coefficient (Wildman–Crippen LogP) is 3.30. The summed E-state index contributed by atoms with van der Waals surface area (Å²) in [6.45, 7) is 6.51. The quantitative estimate of drug-likeness (QED) is 0.798. The normalized spacial score (nSPS) is 12.2. The van der Waals surface area contributed by atoms with Gasteiger partial charge < -0.3 is 5.32 Å². The van der Waals surface area contributed by atoms with Gasteiger partial charge >= 0.3 is 0 Å². The molecule has 0 radical (unpaired) electrons. The van der Waals surface area contributed by atoms with E-state index < -0.39 is 0 Å². The van der Waals surface area contributed by atoms with E-state index in [1.54, 1.807) is 6.92 Å². The molecule has 0 saturated heterocycles. The zero-order valence-electron chi connectivity index (χ0n) is 14.3. The molecule has 0 saturated carbocycles. The number of Topliss-reactive ketones (excluding diaryl/α,β-unsaturated/α-hetero) is 1. The molecule has 1 N–H and O–H groups in total. The number of hydrogen-bond donors (Lipinski definition) is 1. The highest BCUT2D eigenvalue weighted by Gasteiger charge is 2.17. The molecule has 1 heterocycles. The second-order valence-electron chi connectivity index (χ2n) is 5.98. The standard InChI is InChI=1S/C19H25N3O/c1-14(2)18(15(3)23)19(20-4)17-12-21-22(13-17)11-10-16-8-6-5-7-9-16/h5-9,12-14,20H,10-11H2,1-4H3/b19-18-. The third-order valence-electron chi connectivity index (χ3n) is 3.87. The van der Waals surface area contributed by atoms with Crippen LogP contribution in [-0.4, -0.2) is 22.6 Å². The molecule has 4 heteroatoms. The molecular formula is C19H25N3O. The van der Waals surface area contributed by atoms with Crippen LogP contribution in [0.1, 0.15) is 31.9 Å². The molecular weight excluding hydrogens is 286 g/mol. The summed E-state index contributed by atoms with van der Waals surface area (Å²) in [5.74, 6) is 0.268. The van der Waals surface area contributed by atoms with E-state index in [1.165, 1.54) is 5.56 Å². The first-order valence-corrected chi connectivity index (χ1v) is 8.02. The zero-order chi connectivity index (χ0) is 16.8. The van der Waals surface area contributed by atoms with Crippen molar-refractivity contribution in [3.63, 3.8) is 0 Å². The molecule has 1 aromatic heterocycles. The number of benzene rings is 1. The van der Waals surface area contributed by atoms with Gasteiger partial charge in [-0.25, -0.2) is 0 Å². The summed E-state index contributed by atoms with van der Waals surface area (Å²) >= 11 is 0. The molecule has 0 amide bonds. The van der Waals surface area contributed by atoms with Crippen LogP contribution in [0.2, 0.25) is 0 Å². The lowest BCUT2D eigenvalue weighted by atomic mass is 9.95. The number of nitrogens with one attached hydrogen (secondary N) is 1. The SMILES string of the molecule is CN/C(=C(\C(C)=O)C(C)C)c1cnn(CCc2ccccc2)c1. The van der Waals surface area contributed by atoms with Gasteiger partial charge in [0.15, 0.2) is 5.78 Å². The fourth-order valence-corrected chi connectivity index (χ4v) is 2.81. The van der Waals surface area contributed by atoms with Gasteiger partial charge in [-0.05, 0) is 24.8 Å². The van der Waals surface area contributed by atoms with Crippen molar-refractivity contribution in [1.82, 2.24) is 15.1 Å². The van der Waals surface area contributed by atoms with Crippen molar-refractivity contribution < 1.29 is 4.79 Å². The number of nitrogens with zero attached hydrogens (tertiary/aromatic N) is 2. The summed E-state index contributed by atoms with van der Waals surface area (Å²) in [7, 11) is 1.85. The van der Waals surface area contributed by atoms with Gasteiger partial charge in [-0.3, -0.25) is 9.48 Å². The van der Waals surface area contributed by atoms with Crippen molar-refractivity contribution in [1.29, 1.82) is 0 Å². The lowest BCUT2D eigenvalue weighted by Crippen LogP contribution is -2.15. The molecule has 1 aromatic carbocycles. The second-order valence-corrected chi connectivity index (χ2v) is 5.98. The number of hydrogen-bond acceptors (Lipinski definition) is 3. The van der Waals surface area contributed by atoms with Gasteiger partial charge in [0.05, 0.1) is 11.9 Å². The molecule has 2 rings (SSSR count). The summed E-state index contributed by atoms with van der Waals surface area (Å²) in [5, 5.41) is 7.61. The maximum Gasteiger partial charge on any atom is 0.158 e. The van der Waals surface area contributed by atoms with Crippen LogP contribution in [0.25, 0.3) is 5.70 Å². The minimum absolute atomic E-state index is 0.0985. The highest BCUT2D eigenvalue weighted by atomic mass is 16.1. The van der Waals surface area contributed by atoms with Crippen LogP contribution in [0.15, 0.2) is 48.3 Å². The second kappa shape index (κ2) is 7.77. The van der Waals surface area contributed by atoms with Crippen LogP contribution in [0.5, 0.6) is 0 Å². The summed E-state index contributed by atoms with van der Waals surface area (Å²) in [6.07, 6.45) is 4.76. The molecule has 0 aliphatic heterocycles. The van der Waals surface area contributed by atoms with E-state index in [0.717, 1.165) is 29.8 Å². The Hall–Kier alpha value is -2.36. The highest BCUT2D eigenvalue weighted by molar-refractivity contribution is 6.01. The Morgan fingerprint density at radius 3 is 2.52 bits per heavy atom. The highest BCUT2D eigenvalue weighted by Crippen LogP contribution is 2.22. The molecule has 0 unspecified atom stereocenters. The zero-order valence-corrected chi connectivity index (χ0v) is 14.3. The number of ketones is 1. The number of aromatic nitrogens is 2. The Kier molecular flexibility index (Phi) is 5.74. The molecule has 0 bridgehead atoms. The van der Waals surface area contributed by atoms with Gasteiger partial charge in [-0.2, -0.15) is 5.10 Å². The molecule has 4 nitrogen and oxygen atoms in total. The molecule has 2 aromatic rings. The van der Waals surface area contributed by atoms with Crippen molar-refractivity contribution in [2.75, 3.05) is 7.05 Å². The van der Waals surface area contributed by atoms with Gasteiger partial charge in [0.2, 0.25) is 0 Å². The van der Waals surface area contributed by atoms with Crippen LogP contribution in [-0.2, 0) is 17.8 Å². The minimum Gasteiger partial charge on any atom is -0.387 e. The maximum absolute atomic E-state index is 12.0. The molecule has 23 heavy (non-hydrogen) atoms. The number of allylic oxidation sites excluding steroid dienone is 1. The molecule has 122 valence electrons. The Bertz CT molecular complexity index is 684. The first-order chi connectivity index (χ1) is 11.0. The number of carbonyl (C=O) groups excluding carboxylic acids is 1. The average Bonchev–Trinajstić information content (AvgIpc) is 2.99. The van der Waals surface area contributed by atoms with Crippen molar-refractivity contribution in [2.24, 2.45) is 5.92 Å². The van der Waals surface area contributed by atoms with Gasteiger partial charge in [0, 0.05) is 30.9 Å². The average molecular weight is 311 g/mol. The Morgan fingerprint density at radius 1 is 1.26 bits per heavy atom. The summed E-state index contributed by atoms with van der Waals surface area (Å²) in [5.41, 5.74) is 3.94. The number of rotatable bonds is 7. The van der Waals surface area contributed by atoms with E-state index >= 15 is 0 Å². The maximum atomic E-state index is 12.0. The van der Waals surface area contributed by atoms with Crippen LogP contribution in [0.4, 0.5) is 0 Å². The van der Waals surface area contributed by atoms with Crippen LogP contribution < -0.4 is 5.32 Å². The van der Waals surface area contributed by atoms with Crippen LogP contribution >= 0.6 is 0 Å². The van der Waals surface area contributed by atoms with E-state index in [9.17, 15) is 4.79 Å². The van der Waals surface area contributed by atoms with E-state index in [-0.39, 0.29) is 11.7 Å². The van der Waals surface area contributed by atoms with Crippen molar-refractivity contribution in [3.8, 4) is 0 Å². The topological polar surface area (TPSA) is 46.9 Å². The Morgan fingerprint density at radius 2 is 1.96 bits per heavy atom. The van der Waals surface area contributed by atoms with Gasteiger partial charge in [-0.1, -0.05) is 44.2 Å². The van der Waals surface area contributed by atoms with Crippen molar-refractivity contribution in [2.45, 2.75) is 33.7 Å². The smallest absolute Gasteiger partial charge is 0.158 e. The van der Waals surface area contributed by atoms with Crippen molar-refractivity contribution in [3.05, 3.63) is 59.4 Å². The minimum atomic E-state index is 0.0985. The fourth-order valence-electron chi connectivity index (χ4n) is 2.81. The van der Waals surface area contributed by atoms with Crippen molar-refractivity contribution >= 4 is 11.5 Å². The molecule has 0 aliphatic carbocycles. The Labute approximate surface area is 138 Å². The molecule has 0 atom stereocenters. The summed E-state index contributed by atoms with van der Waals surface area (Å²) in [4.78, 5) is 12.0. The van der Waals surface area contributed by atoms with Crippen LogP contribution in [0, 0.1) is 5.92 Å². The lowest BCUT2D eigenvalue weighted by molar-refractivity contribution is -0.114.